The SMILES string of the molecule is CC/C=C\C/C=C\C/C=C\CCCCCCCCCCCC(=O)OCC(COC(=O)CCCCCCC\C=C/C=C\C=C/CCCCCCC)OC(=O)CCCCCCCCCCCC/C=C\C=C/CCCCC. The van der Waals surface area contributed by atoms with Crippen molar-refractivity contribution in [2.45, 2.75) is 303 Å². The summed E-state index contributed by atoms with van der Waals surface area (Å²) in [6.07, 6.45) is 82.5. The highest BCUT2D eigenvalue weighted by Gasteiger charge is 2.19. The summed E-state index contributed by atoms with van der Waals surface area (Å²) >= 11 is 0. The summed E-state index contributed by atoms with van der Waals surface area (Å²) in [5.41, 5.74) is 0. The second kappa shape index (κ2) is 61.9. The smallest absolute Gasteiger partial charge is 0.306 e. The maximum absolute atomic E-state index is 12.9. The van der Waals surface area contributed by atoms with Gasteiger partial charge in [0.1, 0.15) is 13.2 Å². The molecule has 0 amide bonds. The monoisotopic (exact) mass is 1030 g/mol. The number of esters is 3. The Labute approximate surface area is 457 Å². The van der Waals surface area contributed by atoms with E-state index in [0.29, 0.717) is 19.3 Å². The Morgan fingerprint density at radius 2 is 0.581 bits per heavy atom. The Morgan fingerprint density at radius 1 is 0.297 bits per heavy atom. The van der Waals surface area contributed by atoms with E-state index in [9.17, 15) is 14.4 Å². The molecule has 1 unspecified atom stereocenters. The molecule has 0 aromatic rings. The van der Waals surface area contributed by atoms with E-state index in [2.05, 4.69) is 118 Å². The summed E-state index contributed by atoms with van der Waals surface area (Å²) < 4.78 is 16.9. The summed E-state index contributed by atoms with van der Waals surface area (Å²) in [5, 5.41) is 0. The van der Waals surface area contributed by atoms with E-state index in [4.69, 9.17) is 14.2 Å². The molecule has 424 valence electrons. The van der Waals surface area contributed by atoms with Gasteiger partial charge in [-0.2, -0.15) is 0 Å². The Bertz CT molecular complexity index is 1460. The summed E-state index contributed by atoms with van der Waals surface area (Å²) in [5.74, 6) is -0.908. The minimum atomic E-state index is -0.793. The third-order valence-corrected chi connectivity index (χ3v) is 13.4. The number of unbranched alkanes of at least 4 members (excludes halogenated alkanes) is 32. The van der Waals surface area contributed by atoms with Gasteiger partial charge in [-0.05, 0) is 103 Å². The number of ether oxygens (including phenoxy) is 3. The van der Waals surface area contributed by atoms with E-state index in [1.807, 2.05) is 0 Å². The van der Waals surface area contributed by atoms with Crippen molar-refractivity contribution < 1.29 is 28.6 Å². The number of allylic oxidation sites excluding steroid dienone is 16. The van der Waals surface area contributed by atoms with Crippen LogP contribution in [0.4, 0.5) is 0 Å². The van der Waals surface area contributed by atoms with Gasteiger partial charge >= 0.3 is 17.9 Å². The maximum atomic E-state index is 12.9. The Hall–Kier alpha value is -3.67. The van der Waals surface area contributed by atoms with Crippen molar-refractivity contribution in [2.75, 3.05) is 13.2 Å². The lowest BCUT2D eigenvalue weighted by Crippen LogP contribution is -2.30. The lowest BCUT2D eigenvalue weighted by molar-refractivity contribution is -0.167. The molecule has 0 aromatic heterocycles. The summed E-state index contributed by atoms with van der Waals surface area (Å²) in [6, 6.07) is 0. The molecule has 0 aliphatic heterocycles. The Kier molecular flexibility index (Phi) is 58.8. The van der Waals surface area contributed by atoms with Gasteiger partial charge < -0.3 is 14.2 Å². The second-order valence-electron chi connectivity index (χ2n) is 20.7. The molecule has 0 bridgehead atoms. The van der Waals surface area contributed by atoms with Crippen LogP contribution in [0.3, 0.4) is 0 Å². The molecule has 0 aliphatic rings. The molecular formula is C68H116O6. The fraction of sp³-hybridized carbons (Fsp3) is 0.721. The number of rotatable bonds is 56. The van der Waals surface area contributed by atoms with E-state index < -0.39 is 6.10 Å². The first-order chi connectivity index (χ1) is 36.5. The quantitative estimate of drug-likeness (QED) is 0.0199. The predicted molar refractivity (Wildman–Crippen MR) is 320 cm³/mol. The molecule has 0 heterocycles. The third-order valence-electron chi connectivity index (χ3n) is 13.4. The minimum Gasteiger partial charge on any atom is -0.462 e. The molecule has 6 heteroatoms. The number of carbonyl (C=O) groups excluding carboxylic acids is 3. The lowest BCUT2D eigenvalue weighted by Gasteiger charge is -2.18. The van der Waals surface area contributed by atoms with Crippen LogP contribution in [0.1, 0.15) is 297 Å². The van der Waals surface area contributed by atoms with Gasteiger partial charge in [-0.1, -0.05) is 272 Å². The summed E-state index contributed by atoms with van der Waals surface area (Å²) in [4.78, 5) is 38.3. The molecule has 74 heavy (non-hydrogen) atoms. The van der Waals surface area contributed by atoms with Crippen LogP contribution in [0.2, 0.25) is 0 Å². The van der Waals surface area contributed by atoms with Crippen LogP contribution in [0.5, 0.6) is 0 Å². The maximum Gasteiger partial charge on any atom is 0.306 e. The average Bonchev–Trinajstić information content (AvgIpc) is 3.40. The molecule has 0 fully saturated rings. The Morgan fingerprint density at radius 3 is 0.973 bits per heavy atom. The topological polar surface area (TPSA) is 78.9 Å². The molecule has 1 atom stereocenters. The fourth-order valence-corrected chi connectivity index (χ4v) is 8.69. The second-order valence-corrected chi connectivity index (χ2v) is 20.7. The standard InChI is InChI=1S/C68H116O6/c1-4-7-10-13-16-19-22-25-28-31-34-37-40-43-46-49-52-55-58-61-67(70)73-64-65(63-72-66(69)60-57-54-51-48-45-42-39-36-33-30-27-24-21-18-15-12-9-6-3)74-68(71)62-59-56-53-50-47-44-41-38-35-32-29-26-23-20-17-14-11-8-5-2/h7,10,16-17,19-20,23-28,30,33,36,39,65H,4-6,8-9,11-15,18,21-22,29,31-32,34-35,37-38,40-64H2,1-3H3/b10-7-,19-16-,20-17-,26-23-,27-24-,28-25-,33-30-,39-36-. The van der Waals surface area contributed by atoms with Gasteiger partial charge in [-0.25, -0.2) is 0 Å². The molecule has 6 nitrogen and oxygen atoms in total. The molecule has 0 spiro atoms. The first-order valence-corrected chi connectivity index (χ1v) is 31.3. The van der Waals surface area contributed by atoms with E-state index in [-0.39, 0.29) is 31.1 Å². The van der Waals surface area contributed by atoms with Crippen molar-refractivity contribution in [1.82, 2.24) is 0 Å². The van der Waals surface area contributed by atoms with E-state index in [0.717, 1.165) is 103 Å². The number of hydrogen-bond acceptors (Lipinski definition) is 6. The van der Waals surface area contributed by atoms with Crippen LogP contribution in [-0.4, -0.2) is 37.2 Å². The highest BCUT2D eigenvalue weighted by atomic mass is 16.6. The first-order valence-electron chi connectivity index (χ1n) is 31.3. The van der Waals surface area contributed by atoms with Gasteiger partial charge in [-0.3, -0.25) is 14.4 Å². The van der Waals surface area contributed by atoms with Crippen molar-refractivity contribution in [3.63, 3.8) is 0 Å². The predicted octanol–water partition coefficient (Wildman–Crippen LogP) is 21.3. The molecule has 0 aliphatic carbocycles. The van der Waals surface area contributed by atoms with Crippen LogP contribution in [0, 0.1) is 0 Å². The van der Waals surface area contributed by atoms with Crippen LogP contribution in [0.25, 0.3) is 0 Å². The molecule has 0 saturated carbocycles. The molecule has 0 saturated heterocycles. The average molecular weight is 1030 g/mol. The van der Waals surface area contributed by atoms with Crippen LogP contribution < -0.4 is 0 Å². The summed E-state index contributed by atoms with van der Waals surface area (Å²) in [6.45, 7) is 6.49. The molecule has 0 radical (unpaired) electrons. The van der Waals surface area contributed by atoms with Crippen molar-refractivity contribution in [3.05, 3.63) is 97.2 Å². The zero-order valence-corrected chi connectivity index (χ0v) is 48.6. The molecule has 0 N–H and O–H groups in total. The van der Waals surface area contributed by atoms with Gasteiger partial charge in [0.05, 0.1) is 0 Å². The van der Waals surface area contributed by atoms with Crippen molar-refractivity contribution in [3.8, 4) is 0 Å². The third kappa shape index (κ3) is 59.2. The van der Waals surface area contributed by atoms with E-state index in [1.54, 1.807) is 0 Å². The highest BCUT2D eigenvalue weighted by molar-refractivity contribution is 5.71. The molecule has 0 rings (SSSR count). The zero-order valence-electron chi connectivity index (χ0n) is 48.6. The van der Waals surface area contributed by atoms with E-state index in [1.165, 1.54) is 154 Å². The number of carbonyl (C=O) groups is 3. The highest BCUT2D eigenvalue weighted by Crippen LogP contribution is 2.16. The number of hydrogen-bond donors (Lipinski definition) is 0. The Balaban J connectivity index is 4.43. The van der Waals surface area contributed by atoms with Gasteiger partial charge in [0, 0.05) is 19.3 Å². The van der Waals surface area contributed by atoms with E-state index >= 15 is 0 Å². The fourth-order valence-electron chi connectivity index (χ4n) is 8.69. The van der Waals surface area contributed by atoms with Gasteiger partial charge in [-0.15, -0.1) is 0 Å². The minimum absolute atomic E-state index is 0.0883. The lowest BCUT2D eigenvalue weighted by atomic mass is 10.1. The normalized spacial score (nSPS) is 12.7. The molecule has 0 aromatic carbocycles. The summed E-state index contributed by atoms with van der Waals surface area (Å²) in [7, 11) is 0. The zero-order chi connectivity index (χ0) is 53.6. The van der Waals surface area contributed by atoms with Crippen LogP contribution in [0.15, 0.2) is 97.2 Å². The van der Waals surface area contributed by atoms with Crippen molar-refractivity contribution in [2.24, 2.45) is 0 Å². The largest absolute Gasteiger partial charge is 0.462 e. The van der Waals surface area contributed by atoms with Crippen molar-refractivity contribution >= 4 is 17.9 Å². The van der Waals surface area contributed by atoms with Gasteiger partial charge in [0.2, 0.25) is 0 Å². The van der Waals surface area contributed by atoms with Crippen LogP contribution in [-0.2, 0) is 28.6 Å². The molecular weight excluding hydrogens is 913 g/mol. The van der Waals surface area contributed by atoms with Crippen LogP contribution >= 0.6 is 0 Å². The first kappa shape index (κ1) is 70.3. The van der Waals surface area contributed by atoms with Gasteiger partial charge in [0.15, 0.2) is 6.10 Å². The van der Waals surface area contributed by atoms with Crippen molar-refractivity contribution in [1.29, 1.82) is 0 Å². The van der Waals surface area contributed by atoms with Gasteiger partial charge in [0.25, 0.3) is 0 Å².